The number of nitrogens with zero attached hydrogens (tertiary/aromatic N) is 2. The van der Waals surface area contributed by atoms with Crippen molar-refractivity contribution < 1.29 is 19.5 Å². The molecule has 0 aliphatic carbocycles. The van der Waals surface area contributed by atoms with Crippen molar-refractivity contribution in [1.29, 1.82) is 0 Å². The lowest BCUT2D eigenvalue weighted by Crippen LogP contribution is -2.57. The number of hydrogen-bond donors (Lipinski definition) is 1. The summed E-state index contributed by atoms with van der Waals surface area (Å²) in [5.74, 6) is 0.565. The standard InChI is InChI=1S/C17H24N2O4/c1-22-15-6-2-5-14(11-15)12-18-8-3-7-17(21,16(18)20)13-19-9-4-10-23-19/h2,5-6,11,21H,3-4,7-10,12-13H2,1H3. The van der Waals surface area contributed by atoms with Crippen molar-refractivity contribution in [2.24, 2.45) is 0 Å². The number of hydroxylamine groups is 2. The molecule has 1 atom stereocenters. The molecule has 0 aromatic heterocycles. The molecule has 1 aromatic carbocycles. The van der Waals surface area contributed by atoms with Gasteiger partial charge in [0.05, 0.1) is 20.3 Å². The van der Waals surface area contributed by atoms with Gasteiger partial charge >= 0.3 is 0 Å². The highest BCUT2D eigenvalue weighted by Crippen LogP contribution is 2.27. The van der Waals surface area contributed by atoms with E-state index in [-0.39, 0.29) is 12.5 Å². The van der Waals surface area contributed by atoms with Crippen LogP contribution in [0.2, 0.25) is 0 Å². The molecule has 0 saturated carbocycles. The van der Waals surface area contributed by atoms with Crippen LogP contribution in [0, 0.1) is 0 Å². The Morgan fingerprint density at radius 1 is 1.35 bits per heavy atom. The van der Waals surface area contributed by atoms with Crippen LogP contribution in [-0.4, -0.2) is 59.9 Å². The van der Waals surface area contributed by atoms with Gasteiger partial charge in [-0.2, -0.15) is 5.06 Å². The van der Waals surface area contributed by atoms with Gasteiger partial charge in [0, 0.05) is 19.6 Å². The Kier molecular flexibility index (Phi) is 4.84. The Labute approximate surface area is 136 Å². The predicted octanol–water partition coefficient (Wildman–Crippen LogP) is 1.19. The normalized spacial score (nSPS) is 25.8. The third-order valence-electron chi connectivity index (χ3n) is 4.47. The lowest BCUT2D eigenvalue weighted by molar-refractivity contribution is -0.182. The van der Waals surface area contributed by atoms with Crippen molar-refractivity contribution >= 4 is 5.91 Å². The zero-order chi connectivity index (χ0) is 16.3. The van der Waals surface area contributed by atoms with Crippen LogP contribution < -0.4 is 4.74 Å². The van der Waals surface area contributed by atoms with Crippen LogP contribution in [0.25, 0.3) is 0 Å². The first kappa shape index (κ1) is 16.2. The quantitative estimate of drug-likeness (QED) is 0.883. The largest absolute Gasteiger partial charge is 0.497 e. The van der Waals surface area contributed by atoms with Crippen LogP contribution in [0.15, 0.2) is 24.3 Å². The van der Waals surface area contributed by atoms with Crippen LogP contribution in [0.3, 0.4) is 0 Å². The average molecular weight is 320 g/mol. The van der Waals surface area contributed by atoms with Crippen molar-refractivity contribution in [3.8, 4) is 5.75 Å². The fourth-order valence-electron chi connectivity index (χ4n) is 3.27. The van der Waals surface area contributed by atoms with E-state index in [0.717, 1.165) is 30.7 Å². The first-order valence-electron chi connectivity index (χ1n) is 8.13. The van der Waals surface area contributed by atoms with Crippen molar-refractivity contribution in [2.75, 3.05) is 33.4 Å². The van der Waals surface area contributed by atoms with Gasteiger partial charge in [-0.05, 0) is 37.0 Å². The van der Waals surface area contributed by atoms with Gasteiger partial charge in [-0.15, -0.1) is 0 Å². The maximum absolute atomic E-state index is 12.8. The number of hydrogen-bond acceptors (Lipinski definition) is 5. The molecule has 0 spiro atoms. The molecular weight excluding hydrogens is 296 g/mol. The molecule has 1 unspecified atom stereocenters. The molecule has 126 valence electrons. The summed E-state index contributed by atoms with van der Waals surface area (Å²) in [7, 11) is 1.62. The van der Waals surface area contributed by atoms with Crippen molar-refractivity contribution in [3.63, 3.8) is 0 Å². The highest BCUT2D eigenvalue weighted by atomic mass is 16.7. The van der Waals surface area contributed by atoms with Crippen molar-refractivity contribution in [2.45, 2.75) is 31.4 Å². The van der Waals surface area contributed by atoms with E-state index in [2.05, 4.69) is 0 Å². The Morgan fingerprint density at radius 3 is 2.96 bits per heavy atom. The van der Waals surface area contributed by atoms with E-state index >= 15 is 0 Å². The zero-order valence-corrected chi connectivity index (χ0v) is 13.5. The van der Waals surface area contributed by atoms with Crippen LogP contribution in [-0.2, 0) is 16.2 Å². The number of rotatable bonds is 5. The van der Waals surface area contributed by atoms with E-state index in [1.165, 1.54) is 0 Å². The summed E-state index contributed by atoms with van der Waals surface area (Å²) in [5, 5.41) is 12.5. The summed E-state index contributed by atoms with van der Waals surface area (Å²) in [6.07, 6.45) is 2.22. The molecule has 2 aliphatic rings. The third kappa shape index (κ3) is 3.65. The summed E-state index contributed by atoms with van der Waals surface area (Å²) < 4.78 is 5.22. The SMILES string of the molecule is COc1cccc(CN2CCCC(O)(CN3CCCO3)C2=O)c1. The summed E-state index contributed by atoms with van der Waals surface area (Å²) in [6.45, 7) is 2.84. The van der Waals surface area contributed by atoms with E-state index in [1.54, 1.807) is 17.1 Å². The Balaban J connectivity index is 1.68. The minimum Gasteiger partial charge on any atom is -0.497 e. The van der Waals surface area contributed by atoms with Crippen molar-refractivity contribution in [1.82, 2.24) is 9.96 Å². The summed E-state index contributed by atoms with van der Waals surface area (Å²) in [6, 6.07) is 7.67. The van der Waals surface area contributed by atoms with Crippen LogP contribution in [0.1, 0.15) is 24.8 Å². The van der Waals surface area contributed by atoms with E-state index in [9.17, 15) is 9.90 Å². The highest BCUT2D eigenvalue weighted by molar-refractivity contribution is 5.86. The first-order chi connectivity index (χ1) is 11.1. The van der Waals surface area contributed by atoms with E-state index in [4.69, 9.17) is 9.57 Å². The number of carbonyl (C=O) groups excluding carboxylic acids is 1. The summed E-state index contributed by atoms with van der Waals surface area (Å²) in [4.78, 5) is 19.9. The lowest BCUT2D eigenvalue weighted by atomic mass is 9.91. The van der Waals surface area contributed by atoms with Crippen molar-refractivity contribution in [3.05, 3.63) is 29.8 Å². The Hall–Kier alpha value is -1.63. The maximum atomic E-state index is 12.8. The molecule has 6 nitrogen and oxygen atoms in total. The molecule has 6 heteroatoms. The Morgan fingerprint density at radius 2 is 2.22 bits per heavy atom. The molecular formula is C17H24N2O4. The second-order valence-corrected chi connectivity index (χ2v) is 6.26. The van der Waals surface area contributed by atoms with Gasteiger partial charge in [-0.1, -0.05) is 12.1 Å². The van der Waals surface area contributed by atoms with Gasteiger partial charge in [0.25, 0.3) is 5.91 Å². The minimum atomic E-state index is -1.35. The molecule has 2 heterocycles. The summed E-state index contributed by atoms with van der Waals surface area (Å²) in [5.41, 5.74) is -0.346. The second-order valence-electron chi connectivity index (χ2n) is 6.26. The minimum absolute atomic E-state index is 0.206. The molecule has 23 heavy (non-hydrogen) atoms. The number of β-amino-alcohol motifs (C(OH)–C–C–N with tert-alkyl or cyclic N) is 1. The number of ether oxygens (including phenoxy) is 1. The molecule has 3 rings (SSSR count). The van der Waals surface area contributed by atoms with Gasteiger partial charge in [-0.3, -0.25) is 9.63 Å². The zero-order valence-electron chi connectivity index (χ0n) is 13.5. The average Bonchev–Trinajstić information content (AvgIpc) is 3.05. The van der Waals surface area contributed by atoms with E-state index in [1.807, 2.05) is 24.3 Å². The summed E-state index contributed by atoms with van der Waals surface area (Å²) >= 11 is 0. The second kappa shape index (κ2) is 6.86. The van der Waals surface area contributed by atoms with Gasteiger partial charge in [0.15, 0.2) is 5.60 Å². The monoisotopic (exact) mass is 320 g/mol. The topological polar surface area (TPSA) is 62.2 Å². The number of amides is 1. The fourth-order valence-corrected chi connectivity index (χ4v) is 3.27. The number of benzene rings is 1. The molecule has 0 radical (unpaired) electrons. The third-order valence-corrected chi connectivity index (χ3v) is 4.47. The Bertz CT molecular complexity index is 559. The predicted molar refractivity (Wildman–Crippen MR) is 84.7 cm³/mol. The molecule has 2 aliphatic heterocycles. The number of likely N-dealkylation sites (tertiary alicyclic amines) is 1. The van der Waals surface area contributed by atoms with Crippen LogP contribution >= 0.6 is 0 Å². The molecule has 2 fully saturated rings. The van der Waals surface area contributed by atoms with Gasteiger partial charge in [0.1, 0.15) is 5.75 Å². The first-order valence-corrected chi connectivity index (χ1v) is 8.13. The van der Waals surface area contributed by atoms with Crippen LogP contribution in [0.4, 0.5) is 0 Å². The maximum Gasteiger partial charge on any atom is 0.256 e. The number of methoxy groups -OCH3 is 1. The van der Waals surface area contributed by atoms with Gasteiger partial charge in [0.2, 0.25) is 0 Å². The van der Waals surface area contributed by atoms with E-state index in [0.29, 0.717) is 26.1 Å². The molecule has 0 bridgehead atoms. The number of aliphatic hydroxyl groups is 1. The molecule has 1 aromatic rings. The lowest BCUT2D eigenvalue weighted by Gasteiger charge is -2.39. The number of piperidine rings is 1. The fraction of sp³-hybridized carbons (Fsp3) is 0.588. The smallest absolute Gasteiger partial charge is 0.256 e. The van der Waals surface area contributed by atoms with E-state index < -0.39 is 5.60 Å². The molecule has 1 amide bonds. The molecule has 1 N–H and O–H groups in total. The number of carbonyl (C=O) groups is 1. The van der Waals surface area contributed by atoms with Gasteiger partial charge in [-0.25, -0.2) is 0 Å². The van der Waals surface area contributed by atoms with Gasteiger partial charge < -0.3 is 14.7 Å². The van der Waals surface area contributed by atoms with Crippen LogP contribution in [0.5, 0.6) is 5.75 Å². The molecule has 2 saturated heterocycles. The highest BCUT2D eigenvalue weighted by Gasteiger charge is 2.44.